The molecule has 31 heavy (non-hydrogen) atoms. The van der Waals surface area contributed by atoms with Crippen LogP contribution in [0.5, 0.6) is 23.1 Å². The fourth-order valence-electron chi connectivity index (χ4n) is 3.38. The van der Waals surface area contributed by atoms with Crippen LogP contribution in [-0.4, -0.2) is 58.0 Å². The van der Waals surface area contributed by atoms with Gasteiger partial charge in [-0.3, -0.25) is 9.69 Å². The van der Waals surface area contributed by atoms with Crippen LogP contribution in [0.1, 0.15) is 29.8 Å². The lowest BCUT2D eigenvalue weighted by Crippen LogP contribution is -2.37. The molecule has 0 fully saturated rings. The number of ether oxygens (including phenoxy) is 4. The van der Waals surface area contributed by atoms with Gasteiger partial charge < -0.3 is 24.3 Å². The lowest BCUT2D eigenvalue weighted by atomic mass is 9.99. The molecule has 0 unspecified atom stereocenters. The van der Waals surface area contributed by atoms with E-state index in [2.05, 4.69) is 10.3 Å². The quantitative estimate of drug-likeness (QED) is 0.693. The van der Waals surface area contributed by atoms with Crippen molar-refractivity contribution in [3.8, 4) is 23.1 Å². The van der Waals surface area contributed by atoms with Gasteiger partial charge in [-0.05, 0) is 57.3 Å². The molecule has 0 saturated carbocycles. The number of nitrogens with one attached hydrogen (secondary N) is 1. The number of anilines is 1. The number of pyridine rings is 1. The summed E-state index contributed by atoms with van der Waals surface area (Å²) in [6, 6.07) is 6.98. The highest BCUT2D eigenvalue weighted by atomic mass is 16.5. The Labute approximate surface area is 182 Å². The molecule has 0 spiro atoms. The largest absolute Gasteiger partial charge is 0.495 e. The highest BCUT2D eigenvalue weighted by molar-refractivity contribution is 6.08. The van der Waals surface area contributed by atoms with Crippen molar-refractivity contribution >= 4 is 17.8 Å². The fourth-order valence-corrected chi connectivity index (χ4v) is 3.38. The van der Waals surface area contributed by atoms with Crippen LogP contribution in [0.25, 0.3) is 6.08 Å². The summed E-state index contributed by atoms with van der Waals surface area (Å²) in [5.41, 5.74) is 0.731. The van der Waals surface area contributed by atoms with Gasteiger partial charge in [0.1, 0.15) is 22.9 Å². The average Bonchev–Trinajstić information content (AvgIpc) is 2.77. The summed E-state index contributed by atoms with van der Waals surface area (Å²) < 4.78 is 22.2. The number of fused-ring (bicyclic) bond motifs is 1. The van der Waals surface area contributed by atoms with E-state index in [0.29, 0.717) is 47.6 Å². The molecule has 8 nitrogen and oxygen atoms in total. The second-order valence-corrected chi connectivity index (χ2v) is 7.54. The maximum Gasteiger partial charge on any atom is 0.263 e. The molecule has 3 rings (SSSR count). The predicted octanol–water partition coefficient (Wildman–Crippen LogP) is 3.16. The maximum absolute atomic E-state index is 13.6. The van der Waals surface area contributed by atoms with Crippen molar-refractivity contribution in [2.45, 2.75) is 19.4 Å². The number of rotatable bonds is 8. The van der Waals surface area contributed by atoms with Crippen LogP contribution in [0.3, 0.4) is 0 Å². The van der Waals surface area contributed by atoms with Gasteiger partial charge in [-0.1, -0.05) is 0 Å². The molecule has 0 saturated heterocycles. The molecule has 166 valence electrons. The predicted molar refractivity (Wildman–Crippen MR) is 120 cm³/mol. The SMILES string of the molecule is CNCCN(C(=O)c1ccc2c(c1OC)C=CC(C)(C)O2)c1ccc(OC)c(OC)n1. The van der Waals surface area contributed by atoms with Crippen molar-refractivity contribution in [3.05, 3.63) is 41.5 Å². The van der Waals surface area contributed by atoms with E-state index in [9.17, 15) is 4.79 Å². The van der Waals surface area contributed by atoms with Crippen molar-refractivity contribution in [1.29, 1.82) is 0 Å². The second kappa shape index (κ2) is 9.26. The first-order valence-electron chi connectivity index (χ1n) is 10.00. The second-order valence-electron chi connectivity index (χ2n) is 7.54. The van der Waals surface area contributed by atoms with Gasteiger partial charge in [0, 0.05) is 13.1 Å². The fraction of sp³-hybridized carbons (Fsp3) is 0.391. The molecular weight excluding hydrogens is 398 g/mol. The molecule has 2 aromatic rings. The van der Waals surface area contributed by atoms with Gasteiger partial charge in [-0.15, -0.1) is 0 Å². The summed E-state index contributed by atoms with van der Waals surface area (Å²) in [6.07, 6.45) is 3.88. The molecule has 2 heterocycles. The molecule has 1 N–H and O–H groups in total. The Morgan fingerprint density at radius 1 is 1.13 bits per heavy atom. The molecule has 1 aliphatic heterocycles. The van der Waals surface area contributed by atoms with Crippen LogP contribution in [-0.2, 0) is 0 Å². The Bertz CT molecular complexity index is 987. The summed E-state index contributed by atoms with van der Waals surface area (Å²) >= 11 is 0. The first-order chi connectivity index (χ1) is 14.8. The molecule has 0 bridgehead atoms. The minimum absolute atomic E-state index is 0.243. The van der Waals surface area contributed by atoms with Crippen molar-refractivity contribution in [2.75, 3.05) is 46.4 Å². The van der Waals surface area contributed by atoms with E-state index in [1.54, 1.807) is 36.3 Å². The summed E-state index contributed by atoms with van der Waals surface area (Å²) in [6.45, 7) is 4.92. The summed E-state index contributed by atoms with van der Waals surface area (Å²) in [7, 11) is 6.42. The van der Waals surface area contributed by atoms with Gasteiger partial charge in [-0.2, -0.15) is 4.98 Å². The third-order valence-electron chi connectivity index (χ3n) is 4.95. The van der Waals surface area contributed by atoms with Crippen molar-refractivity contribution < 1.29 is 23.7 Å². The van der Waals surface area contributed by atoms with Crippen LogP contribution < -0.4 is 29.2 Å². The Morgan fingerprint density at radius 2 is 1.90 bits per heavy atom. The van der Waals surface area contributed by atoms with E-state index in [1.807, 2.05) is 33.0 Å². The zero-order valence-corrected chi connectivity index (χ0v) is 18.8. The molecule has 1 amide bonds. The standard InChI is InChI=1S/C23H29N3O5/c1-23(2)12-11-15-17(31-23)8-7-16(20(15)29-5)22(27)26(14-13-24-3)19-10-9-18(28-4)21(25-19)30-6/h7-12,24H,13-14H2,1-6H3. The monoisotopic (exact) mass is 427 g/mol. The van der Waals surface area contributed by atoms with Gasteiger partial charge in [0.05, 0.1) is 32.5 Å². The number of likely N-dealkylation sites (N-methyl/N-ethyl adjacent to an activating group) is 1. The van der Waals surface area contributed by atoms with Gasteiger partial charge in [-0.25, -0.2) is 0 Å². The van der Waals surface area contributed by atoms with Crippen molar-refractivity contribution in [2.24, 2.45) is 0 Å². The average molecular weight is 428 g/mol. The number of benzene rings is 1. The number of amides is 1. The van der Waals surface area contributed by atoms with E-state index in [0.717, 1.165) is 5.56 Å². The number of hydrogen-bond donors (Lipinski definition) is 1. The number of hydrogen-bond acceptors (Lipinski definition) is 7. The minimum atomic E-state index is -0.425. The molecule has 1 aromatic carbocycles. The third-order valence-corrected chi connectivity index (χ3v) is 4.95. The summed E-state index contributed by atoms with van der Waals surface area (Å²) in [5.74, 6) is 2.14. The van der Waals surface area contributed by atoms with E-state index in [1.165, 1.54) is 14.2 Å². The molecule has 8 heteroatoms. The molecular formula is C23H29N3O5. The van der Waals surface area contributed by atoms with Crippen LogP contribution in [0, 0.1) is 0 Å². The first-order valence-corrected chi connectivity index (χ1v) is 10.00. The summed E-state index contributed by atoms with van der Waals surface area (Å²) in [5, 5.41) is 3.07. The number of carbonyl (C=O) groups is 1. The Hall–Kier alpha value is -3.26. The number of carbonyl (C=O) groups excluding carboxylic acids is 1. The van der Waals surface area contributed by atoms with Crippen LogP contribution in [0.2, 0.25) is 0 Å². The van der Waals surface area contributed by atoms with Gasteiger partial charge in [0.15, 0.2) is 5.75 Å². The Morgan fingerprint density at radius 3 is 2.55 bits per heavy atom. The lowest BCUT2D eigenvalue weighted by molar-refractivity contribution is 0.0983. The minimum Gasteiger partial charge on any atom is -0.495 e. The van der Waals surface area contributed by atoms with Crippen molar-refractivity contribution in [3.63, 3.8) is 0 Å². The van der Waals surface area contributed by atoms with Gasteiger partial charge in [0.2, 0.25) is 0 Å². The van der Waals surface area contributed by atoms with Gasteiger partial charge >= 0.3 is 0 Å². The normalized spacial score (nSPS) is 13.7. The number of nitrogens with zero attached hydrogens (tertiary/aromatic N) is 2. The summed E-state index contributed by atoms with van der Waals surface area (Å²) in [4.78, 5) is 19.7. The van der Waals surface area contributed by atoms with Crippen LogP contribution in [0.4, 0.5) is 5.82 Å². The lowest BCUT2D eigenvalue weighted by Gasteiger charge is -2.30. The molecule has 0 atom stereocenters. The topological polar surface area (TPSA) is 82.2 Å². The number of aromatic nitrogens is 1. The van der Waals surface area contributed by atoms with Crippen LogP contribution in [0.15, 0.2) is 30.3 Å². The third kappa shape index (κ3) is 4.59. The Kier molecular flexibility index (Phi) is 6.70. The highest BCUT2D eigenvalue weighted by Crippen LogP contribution is 2.39. The molecule has 1 aliphatic rings. The molecule has 1 aromatic heterocycles. The molecule has 0 aliphatic carbocycles. The van der Waals surface area contributed by atoms with E-state index >= 15 is 0 Å². The van der Waals surface area contributed by atoms with E-state index in [4.69, 9.17) is 18.9 Å². The Balaban J connectivity index is 2.05. The first kappa shape index (κ1) is 22.4. The molecule has 0 radical (unpaired) electrons. The number of methoxy groups -OCH3 is 3. The van der Waals surface area contributed by atoms with E-state index in [-0.39, 0.29) is 5.91 Å². The van der Waals surface area contributed by atoms with Crippen molar-refractivity contribution in [1.82, 2.24) is 10.3 Å². The zero-order valence-electron chi connectivity index (χ0n) is 18.8. The van der Waals surface area contributed by atoms with Gasteiger partial charge in [0.25, 0.3) is 11.8 Å². The zero-order chi connectivity index (χ0) is 22.6. The van der Waals surface area contributed by atoms with E-state index < -0.39 is 5.60 Å². The highest BCUT2D eigenvalue weighted by Gasteiger charge is 2.29. The maximum atomic E-state index is 13.6. The smallest absolute Gasteiger partial charge is 0.263 e. The van der Waals surface area contributed by atoms with Crippen LogP contribution >= 0.6 is 0 Å².